The first kappa shape index (κ1) is 10.8. The maximum atomic E-state index is 6.13. The van der Waals surface area contributed by atoms with E-state index in [9.17, 15) is 0 Å². The summed E-state index contributed by atoms with van der Waals surface area (Å²) in [5, 5.41) is 3.28. The number of aromatic nitrogens is 1. The summed E-state index contributed by atoms with van der Waals surface area (Å²) in [5.41, 5.74) is 2.01. The van der Waals surface area contributed by atoms with Crippen LogP contribution in [0.25, 0.3) is 21.8 Å². The molecule has 0 aliphatic rings. The van der Waals surface area contributed by atoms with Crippen LogP contribution < -0.4 is 4.74 Å². The van der Waals surface area contributed by atoms with E-state index in [2.05, 4.69) is 4.98 Å². The summed E-state index contributed by atoms with van der Waals surface area (Å²) in [7, 11) is 1.62. The highest BCUT2D eigenvalue weighted by atomic mass is 35.5. The molecule has 4 heteroatoms. The van der Waals surface area contributed by atoms with Gasteiger partial charge in [0.1, 0.15) is 5.75 Å². The number of fused-ring (bicyclic) bond motifs is 3. The lowest BCUT2D eigenvalue weighted by molar-refractivity contribution is 0.420. The van der Waals surface area contributed by atoms with Crippen LogP contribution in [0.15, 0.2) is 30.3 Å². The SMILES string of the molecule is COc1c(Cl)ccc2[nH]c3ccc(Cl)cc3c12. The van der Waals surface area contributed by atoms with Crippen molar-refractivity contribution in [1.82, 2.24) is 4.98 Å². The van der Waals surface area contributed by atoms with Crippen molar-refractivity contribution < 1.29 is 4.74 Å². The van der Waals surface area contributed by atoms with Crippen molar-refractivity contribution in [2.45, 2.75) is 0 Å². The maximum Gasteiger partial charge on any atom is 0.147 e. The van der Waals surface area contributed by atoms with E-state index in [1.807, 2.05) is 30.3 Å². The molecule has 0 radical (unpaired) electrons. The van der Waals surface area contributed by atoms with Gasteiger partial charge in [0.25, 0.3) is 0 Å². The van der Waals surface area contributed by atoms with E-state index in [1.54, 1.807) is 7.11 Å². The van der Waals surface area contributed by atoms with E-state index in [0.29, 0.717) is 15.8 Å². The first-order chi connectivity index (χ1) is 8.20. The second kappa shape index (κ2) is 3.83. The molecule has 0 amide bonds. The number of methoxy groups -OCH3 is 1. The number of hydrogen-bond donors (Lipinski definition) is 1. The van der Waals surface area contributed by atoms with Crippen molar-refractivity contribution >= 4 is 45.0 Å². The lowest BCUT2D eigenvalue weighted by Gasteiger charge is -2.04. The van der Waals surface area contributed by atoms with Gasteiger partial charge in [0, 0.05) is 15.9 Å². The number of rotatable bonds is 1. The van der Waals surface area contributed by atoms with Crippen LogP contribution in [-0.4, -0.2) is 12.1 Å². The molecular formula is C13H9Cl2NO. The summed E-state index contributed by atoms with van der Waals surface area (Å²) in [6.07, 6.45) is 0. The molecule has 0 bridgehead atoms. The van der Waals surface area contributed by atoms with Gasteiger partial charge in [-0.1, -0.05) is 23.2 Å². The first-order valence-corrected chi connectivity index (χ1v) is 5.89. The van der Waals surface area contributed by atoms with Crippen molar-refractivity contribution in [3.05, 3.63) is 40.4 Å². The van der Waals surface area contributed by atoms with Crippen LogP contribution in [0.2, 0.25) is 10.0 Å². The van der Waals surface area contributed by atoms with Crippen molar-refractivity contribution in [3.8, 4) is 5.75 Å². The van der Waals surface area contributed by atoms with E-state index in [1.165, 1.54) is 0 Å². The fourth-order valence-corrected chi connectivity index (χ4v) is 2.51. The van der Waals surface area contributed by atoms with Gasteiger partial charge in [0.05, 0.1) is 23.0 Å². The Labute approximate surface area is 108 Å². The summed E-state index contributed by atoms with van der Waals surface area (Å²) in [5.74, 6) is 0.678. The Bertz CT molecular complexity index is 718. The smallest absolute Gasteiger partial charge is 0.147 e. The Morgan fingerprint density at radius 3 is 2.59 bits per heavy atom. The maximum absolute atomic E-state index is 6.13. The molecule has 3 rings (SSSR count). The average Bonchev–Trinajstić information content (AvgIpc) is 2.67. The second-order valence-corrected chi connectivity index (χ2v) is 4.66. The quantitative estimate of drug-likeness (QED) is 0.682. The summed E-state index contributed by atoms with van der Waals surface area (Å²) in [4.78, 5) is 3.31. The van der Waals surface area contributed by atoms with Gasteiger partial charge in [-0.3, -0.25) is 0 Å². The summed E-state index contributed by atoms with van der Waals surface area (Å²) in [6.45, 7) is 0. The standard InChI is InChI=1S/C13H9Cl2NO/c1-17-13-9(15)3-5-11-12(13)8-6-7(14)2-4-10(8)16-11/h2-6,16H,1H3. The Morgan fingerprint density at radius 2 is 1.82 bits per heavy atom. The van der Waals surface area contributed by atoms with Gasteiger partial charge in [-0.2, -0.15) is 0 Å². The lowest BCUT2D eigenvalue weighted by Crippen LogP contribution is -1.84. The predicted octanol–water partition coefficient (Wildman–Crippen LogP) is 4.64. The van der Waals surface area contributed by atoms with Gasteiger partial charge in [0.2, 0.25) is 0 Å². The van der Waals surface area contributed by atoms with Gasteiger partial charge in [-0.25, -0.2) is 0 Å². The lowest BCUT2D eigenvalue weighted by atomic mass is 10.1. The minimum absolute atomic E-state index is 0.598. The van der Waals surface area contributed by atoms with Crippen LogP contribution >= 0.6 is 23.2 Å². The number of hydrogen-bond acceptors (Lipinski definition) is 1. The van der Waals surface area contributed by atoms with E-state index >= 15 is 0 Å². The third-order valence-corrected chi connectivity index (χ3v) is 3.37. The van der Waals surface area contributed by atoms with Gasteiger partial charge < -0.3 is 9.72 Å². The van der Waals surface area contributed by atoms with Crippen LogP contribution in [0, 0.1) is 0 Å². The van der Waals surface area contributed by atoms with Crippen LogP contribution in [-0.2, 0) is 0 Å². The fraction of sp³-hybridized carbons (Fsp3) is 0.0769. The zero-order valence-corrected chi connectivity index (χ0v) is 10.6. The number of benzene rings is 2. The molecule has 0 fully saturated rings. The molecule has 1 aromatic heterocycles. The van der Waals surface area contributed by atoms with Gasteiger partial charge in [-0.15, -0.1) is 0 Å². The highest BCUT2D eigenvalue weighted by molar-refractivity contribution is 6.35. The monoisotopic (exact) mass is 265 g/mol. The molecule has 0 unspecified atom stereocenters. The Kier molecular flexibility index (Phi) is 2.42. The highest BCUT2D eigenvalue weighted by Gasteiger charge is 2.12. The predicted molar refractivity (Wildman–Crippen MR) is 72.4 cm³/mol. The molecule has 2 nitrogen and oxygen atoms in total. The molecule has 0 saturated carbocycles. The first-order valence-electron chi connectivity index (χ1n) is 5.14. The molecule has 0 aliphatic heterocycles. The average molecular weight is 266 g/mol. The van der Waals surface area contributed by atoms with E-state index < -0.39 is 0 Å². The fourth-order valence-electron chi connectivity index (χ4n) is 2.11. The second-order valence-electron chi connectivity index (χ2n) is 3.82. The Hall–Kier alpha value is -1.38. The van der Waals surface area contributed by atoms with E-state index in [0.717, 1.165) is 21.8 Å². The molecular weight excluding hydrogens is 257 g/mol. The van der Waals surface area contributed by atoms with Gasteiger partial charge >= 0.3 is 0 Å². The highest BCUT2D eigenvalue weighted by Crippen LogP contribution is 2.38. The molecule has 0 spiro atoms. The summed E-state index contributed by atoms with van der Waals surface area (Å²) < 4.78 is 5.37. The summed E-state index contributed by atoms with van der Waals surface area (Å²) >= 11 is 12.2. The number of nitrogens with one attached hydrogen (secondary N) is 1. The van der Waals surface area contributed by atoms with E-state index in [-0.39, 0.29) is 0 Å². The Balaban J connectivity index is 2.56. The van der Waals surface area contributed by atoms with Crippen molar-refractivity contribution in [2.24, 2.45) is 0 Å². The van der Waals surface area contributed by atoms with Crippen LogP contribution in [0.1, 0.15) is 0 Å². The van der Waals surface area contributed by atoms with E-state index in [4.69, 9.17) is 27.9 Å². The molecule has 86 valence electrons. The normalized spacial score (nSPS) is 11.2. The zero-order valence-electron chi connectivity index (χ0n) is 9.05. The molecule has 0 saturated heterocycles. The molecule has 17 heavy (non-hydrogen) atoms. The molecule has 0 aliphatic carbocycles. The number of halogens is 2. The van der Waals surface area contributed by atoms with Crippen LogP contribution in [0.5, 0.6) is 5.75 Å². The van der Waals surface area contributed by atoms with Crippen LogP contribution in [0.4, 0.5) is 0 Å². The molecule has 3 aromatic rings. The number of ether oxygens (including phenoxy) is 1. The number of aromatic amines is 1. The third-order valence-electron chi connectivity index (χ3n) is 2.83. The minimum Gasteiger partial charge on any atom is -0.494 e. The van der Waals surface area contributed by atoms with Gasteiger partial charge in [-0.05, 0) is 30.3 Å². The molecule has 1 N–H and O–H groups in total. The summed E-state index contributed by atoms with van der Waals surface area (Å²) in [6, 6.07) is 9.47. The Morgan fingerprint density at radius 1 is 1.06 bits per heavy atom. The minimum atomic E-state index is 0.598. The topological polar surface area (TPSA) is 25.0 Å². The zero-order chi connectivity index (χ0) is 12.0. The van der Waals surface area contributed by atoms with Crippen molar-refractivity contribution in [3.63, 3.8) is 0 Å². The third kappa shape index (κ3) is 1.56. The van der Waals surface area contributed by atoms with Crippen molar-refractivity contribution in [1.29, 1.82) is 0 Å². The largest absolute Gasteiger partial charge is 0.494 e. The number of H-pyrrole nitrogens is 1. The molecule has 2 aromatic carbocycles. The van der Waals surface area contributed by atoms with Crippen LogP contribution in [0.3, 0.4) is 0 Å². The molecule has 1 heterocycles. The van der Waals surface area contributed by atoms with Crippen molar-refractivity contribution in [2.75, 3.05) is 7.11 Å². The van der Waals surface area contributed by atoms with Gasteiger partial charge in [0.15, 0.2) is 0 Å². The molecule has 0 atom stereocenters.